The van der Waals surface area contributed by atoms with Crippen LogP contribution in [0, 0.1) is 0 Å². The number of nitrogens with two attached hydrogens (primary N) is 1. The number of aromatic nitrogens is 1. The molecule has 3 rings (SSSR count). The molecular formula is C18H19BrN2O. The van der Waals surface area contributed by atoms with Gasteiger partial charge in [0.2, 0.25) is 0 Å². The fourth-order valence-electron chi connectivity index (χ4n) is 2.86. The van der Waals surface area contributed by atoms with Crippen molar-refractivity contribution in [1.29, 1.82) is 0 Å². The van der Waals surface area contributed by atoms with Crippen LogP contribution in [-0.2, 0) is 6.54 Å². The molecule has 0 radical (unpaired) electrons. The van der Waals surface area contributed by atoms with Crippen molar-refractivity contribution in [3.63, 3.8) is 0 Å². The molecule has 0 aliphatic rings. The van der Waals surface area contributed by atoms with Crippen molar-refractivity contribution < 1.29 is 4.74 Å². The van der Waals surface area contributed by atoms with Crippen molar-refractivity contribution in [3.05, 3.63) is 46.9 Å². The standard InChI is InChI=1S/C18H19BrN2O/c1-3-21-16-11-13(19)7-10-15(16)17(20)18(21)12-5-8-14(9-6-12)22-4-2/h5-11H,3-4,20H2,1-2H3. The van der Waals surface area contributed by atoms with Gasteiger partial charge < -0.3 is 15.0 Å². The van der Waals surface area contributed by atoms with Crippen LogP contribution in [0.4, 0.5) is 5.69 Å². The normalized spacial score (nSPS) is 11.0. The highest BCUT2D eigenvalue weighted by molar-refractivity contribution is 9.10. The van der Waals surface area contributed by atoms with E-state index < -0.39 is 0 Å². The van der Waals surface area contributed by atoms with Gasteiger partial charge >= 0.3 is 0 Å². The minimum absolute atomic E-state index is 0.671. The Morgan fingerprint density at radius 2 is 1.82 bits per heavy atom. The number of nitrogen functional groups attached to an aromatic ring is 1. The fraction of sp³-hybridized carbons (Fsp3) is 0.222. The van der Waals surface area contributed by atoms with E-state index in [0.717, 1.165) is 44.6 Å². The summed E-state index contributed by atoms with van der Waals surface area (Å²) in [5.74, 6) is 0.881. The summed E-state index contributed by atoms with van der Waals surface area (Å²) in [5, 5.41) is 1.09. The molecule has 1 heterocycles. The Balaban J connectivity index is 2.19. The van der Waals surface area contributed by atoms with Crippen LogP contribution in [0.5, 0.6) is 5.75 Å². The van der Waals surface area contributed by atoms with E-state index in [0.29, 0.717) is 6.61 Å². The fourth-order valence-corrected chi connectivity index (χ4v) is 3.21. The third-order valence-electron chi connectivity index (χ3n) is 3.82. The van der Waals surface area contributed by atoms with Gasteiger partial charge in [-0.3, -0.25) is 0 Å². The number of hydrogen-bond acceptors (Lipinski definition) is 2. The lowest BCUT2D eigenvalue weighted by molar-refractivity contribution is 0.340. The highest BCUT2D eigenvalue weighted by atomic mass is 79.9. The number of benzene rings is 2. The summed E-state index contributed by atoms with van der Waals surface area (Å²) in [4.78, 5) is 0. The lowest BCUT2D eigenvalue weighted by Gasteiger charge is -2.10. The first-order valence-electron chi connectivity index (χ1n) is 7.46. The molecule has 0 unspecified atom stereocenters. The van der Waals surface area contributed by atoms with Crippen LogP contribution in [0.25, 0.3) is 22.2 Å². The smallest absolute Gasteiger partial charge is 0.119 e. The predicted octanol–water partition coefficient (Wildman–Crippen LogP) is 5.07. The summed E-state index contributed by atoms with van der Waals surface area (Å²) in [6.07, 6.45) is 0. The summed E-state index contributed by atoms with van der Waals surface area (Å²) in [5.41, 5.74) is 10.6. The van der Waals surface area contributed by atoms with Gasteiger partial charge in [0, 0.05) is 22.0 Å². The number of ether oxygens (including phenoxy) is 1. The molecule has 0 aliphatic heterocycles. The lowest BCUT2D eigenvalue weighted by atomic mass is 10.1. The SMILES string of the molecule is CCOc1ccc(-c2c(N)c3ccc(Br)cc3n2CC)cc1. The van der Waals surface area contributed by atoms with Crippen LogP contribution in [-0.4, -0.2) is 11.2 Å². The van der Waals surface area contributed by atoms with Gasteiger partial charge in [0.05, 0.1) is 23.5 Å². The van der Waals surface area contributed by atoms with Crippen LogP contribution in [0.1, 0.15) is 13.8 Å². The van der Waals surface area contributed by atoms with Crippen molar-refractivity contribution >= 4 is 32.5 Å². The molecule has 114 valence electrons. The number of nitrogens with zero attached hydrogens (tertiary/aromatic N) is 1. The topological polar surface area (TPSA) is 40.2 Å². The average Bonchev–Trinajstić information content (AvgIpc) is 2.80. The second-order valence-electron chi connectivity index (χ2n) is 5.13. The van der Waals surface area contributed by atoms with Crippen LogP contribution in [0.3, 0.4) is 0 Å². The second-order valence-corrected chi connectivity index (χ2v) is 6.04. The summed E-state index contributed by atoms with van der Waals surface area (Å²) >= 11 is 3.54. The zero-order valence-electron chi connectivity index (χ0n) is 12.8. The summed E-state index contributed by atoms with van der Waals surface area (Å²) < 4.78 is 8.83. The summed E-state index contributed by atoms with van der Waals surface area (Å²) in [6.45, 7) is 5.66. The van der Waals surface area contributed by atoms with E-state index in [-0.39, 0.29) is 0 Å². The number of fused-ring (bicyclic) bond motifs is 1. The lowest BCUT2D eigenvalue weighted by Crippen LogP contribution is -1.98. The zero-order chi connectivity index (χ0) is 15.7. The van der Waals surface area contributed by atoms with Gasteiger partial charge in [-0.25, -0.2) is 0 Å². The Bertz CT molecular complexity index is 806. The van der Waals surface area contributed by atoms with Crippen molar-refractivity contribution in [3.8, 4) is 17.0 Å². The predicted molar refractivity (Wildman–Crippen MR) is 96.3 cm³/mol. The van der Waals surface area contributed by atoms with E-state index in [4.69, 9.17) is 10.5 Å². The Labute approximate surface area is 138 Å². The first kappa shape index (κ1) is 15.0. The van der Waals surface area contributed by atoms with Gasteiger partial charge in [0.15, 0.2) is 0 Å². The van der Waals surface area contributed by atoms with Crippen molar-refractivity contribution in [2.24, 2.45) is 0 Å². The van der Waals surface area contributed by atoms with Gasteiger partial charge in [-0.1, -0.05) is 15.9 Å². The molecule has 1 aromatic heterocycles. The molecule has 2 aromatic carbocycles. The maximum Gasteiger partial charge on any atom is 0.119 e. The zero-order valence-corrected chi connectivity index (χ0v) is 14.4. The third-order valence-corrected chi connectivity index (χ3v) is 4.31. The number of anilines is 1. The molecule has 0 aliphatic carbocycles. The molecule has 22 heavy (non-hydrogen) atoms. The van der Waals surface area contributed by atoms with E-state index in [9.17, 15) is 0 Å². The Morgan fingerprint density at radius 3 is 2.45 bits per heavy atom. The Hall–Kier alpha value is -1.94. The minimum atomic E-state index is 0.671. The summed E-state index contributed by atoms with van der Waals surface area (Å²) in [6, 6.07) is 14.3. The molecule has 0 spiro atoms. The molecule has 3 aromatic rings. The largest absolute Gasteiger partial charge is 0.494 e. The highest BCUT2D eigenvalue weighted by Crippen LogP contribution is 2.37. The van der Waals surface area contributed by atoms with Gasteiger partial charge in [-0.15, -0.1) is 0 Å². The molecule has 0 bridgehead atoms. The molecular weight excluding hydrogens is 340 g/mol. The molecule has 3 nitrogen and oxygen atoms in total. The van der Waals surface area contributed by atoms with Crippen molar-refractivity contribution in [1.82, 2.24) is 4.57 Å². The summed E-state index contributed by atoms with van der Waals surface area (Å²) in [7, 11) is 0. The average molecular weight is 359 g/mol. The van der Waals surface area contributed by atoms with Crippen molar-refractivity contribution in [2.75, 3.05) is 12.3 Å². The quantitative estimate of drug-likeness (QED) is 0.706. The van der Waals surface area contributed by atoms with Crippen LogP contribution in [0.2, 0.25) is 0 Å². The highest BCUT2D eigenvalue weighted by Gasteiger charge is 2.16. The Kier molecular flexibility index (Phi) is 4.12. The van der Waals surface area contributed by atoms with Crippen molar-refractivity contribution in [2.45, 2.75) is 20.4 Å². The number of rotatable bonds is 4. The van der Waals surface area contributed by atoms with Crippen LogP contribution in [0.15, 0.2) is 46.9 Å². The maximum absolute atomic E-state index is 6.43. The number of hydrogen-bond donors (Lipinski definition) is 1. The first-order valence-corrected chi connectivity index (χ1v) is 8.25. The van der Waals surface area contributed by atoms with Crippen LogP contribution >= 0.6 is 15.9 Å². The molecule has 0 saturated heterocycles. The van der Waals surface area contributed by atoms with E-state index in [2.05, 4.69) is 51.7 Å². The molecule has 0 saturated carbocycles. The molecule has 4 heteroatoms. The molecule has 0 atom stereocenters. The minimum Gasteiger partial charge on any atom is -0.494 e. The molecule has 0 amide bonds. The third kappa shape index (κ3) is 2.48. The number of aryl methyl sites for hydroxylation is 1. The van der Waals surface area contributed by atoms with Gasteiger partial charge in [-0.05, 0) is 56.3 Å². The second kappa shape index (κ2) is 6.05. The molecule has 2 N–H and O–H groups in total. The van der Waals surface area contributed by atoms with E-state index in [1.54, 1.807) is 0 Å². The van der Waals surface area contributed by atoms with Crippen LogP contribution < -0.4 is 10.5 Å². The van der Waals surface area contributed by atoms with E-state index in [1.165, 1.54) is 0 Å². The van der Waals surface area contributed by atoms with E-state index in [1.807, 2.05) is 25.1 Å². The Morgan fingerprint density at radius 1 is 1.09 bits per heavy atom. The first-order chi connectivity index (χ1) is 10.7. The monoisotopic (exact) mass is 358 g/mol. The van der Waals surface area contributed by atoms with Gasteiger partial charge in [0.1, 0.15) is 5.75 Å². The number of halogens is 1. The molecule has 0 fully saturated rings. The maximum atomic E-state index is 6.43. The van der Waals surface area contributed by atoms with E-state index >= 15 is 0 Å². The van der Waals surface area contributed by atoms with Gasteiger partial charge in [-0.2, -0.15) is 0 Å². The van der Waals surface area contributed by atoms with Gasteiger partial charge in [0.25, 0.3) is 0 Å².